The summed E-state index contributed by atoms with van der Waals surface area (Å²) in [5.41, 5.74) is 0.573. The largest absolute Gasteiger partial charge is 0.573 e. The summed E-state index contributed by atoms with van der Waals surface area (Å²) in [5.74, 6) is -0.532. The van der Waals surface area contributed by atoms with Crippen molar-refractivity contribution in [1.82, 2.24) is 10.2 Å². The number of likely N-dealkylation sites (tertiary alicyclic amines) is 1. The monoisotopic (exact) mass is 438 g/mol. The van der Waals surface area contributed by atoms with E-state index in [1.807, 2.05) is 4.90 Å². The summed E-state index contributed by atoms with van der Waals surface area (Å²) in [7, 11) is 0. The summed E-state index contributed by atoms with van der Waals surface area (Å²) < 4.78 is 41.7. The Labute approximate surface area is 176 Å². The molecule has 2 amide bonds. The number of amides is 2. The number of benzene rings is 2. The van der Waals surface area contributed by atoms with Crippen molar-refractivity contribution >= 4 is 23.6 Å². The van der Waals surface area contributed by atoms with Crippen molar-refractivity contribution in [2.75, 3.05) is 18.8 Å². The lowest BCUT2D eigenvalue weighted by molar-refractivity contribution is -0.274. The van der Waals surface area contributed by atoms with E-state index in [2.05, 4.69) is 10.1 Å². The summed E-state index contributed by atoms with van der Waals surface area (Å²) in [6.07, 6.45) is -2.80. The van der Waals surface area contributed by atoms with E-state index in [4.69, 9.17) is 0 Å². The minimum Gasteiger partial charge on any atom is -0.405 e. The number of rotatable bonds is 7. The minimum atomic E-state index is -4.81. The Morgan fingerprint density at radius 3 is 2.43 bits per heavy atom. The third-order valence-corrected chi connectivity index (χ3v) is 5.64. The quantitative estimate of drug-likeness (QED) is 0.658. The maximum Gasteiger partial charge on any atom is 0.573 e. The normalized spacial score (nSPS) is 13.9. The molecular weight excluding hydrogens is 417 g/mol. The molecular formula is C21H21F3N2O3S. The van der Waals surface area contributed by atoms with Crippen LogP contribution in [0.15, 0.2) is 53.4 Å². The van der Waals surface area contributed by atoms with Gasteiger partial charge < -0.3 is 15.0 Å². The molecule has 0 radical (unpaired) electrons. The number of thioether (sulfide) groups is 1. The second-order valence-corrected chi connectivity index (χ2v) is 7.73. The highest BCUT2D eigenvalue weighted by Crippen LogP contribution is 2.27. The maximum absolute atomic E-state index is 12.7. The lowest BCUT2D eigenvalue weighted by Crippen LogP contribution is -2.29. The van der Waals surface area contributed by atoms with Crippen LogP contribution in [-0.4, -0.2) is 41.9 Å². The molecule has 1 fully saturated rings. The molecule has 0 aliphatic carbocycles. The van der Waals surface area contributed by atoms with Gasteiger partial charge in [0.2, 0.25) is 5.91 Å². The molecule has 1 heterocycles. The van der Waals surface area contributed by atoms with Crippen molar-refractivity contribution in [3.63, 3.8) is 0 Å². The van der Waals surface area contributed by atoms with E-state index < -0.39 is 12.3 Å². The second kappa shape index (κ2) is 9.88. The van der Waals surface area contributed by atoms with Crippen LogP contribution in [0.3, 0.4) is 0 Å². The van der Waals surface area contributed by atoms with Crippen LogP contribution in [0.2, 0.25) is 0 Å². The molecule has 0 unspecified atom stereocenters. The van der Waals surface area contributed by atoms with Crippen LogP contribution < -0.4 is 10.1 Å². The first-order valence-electron chi connectivity index (χ1n) is 9.45. The number of hydrogen-bond donors (Lipinski definition) is 1. The average molecular weight is 438 g/mol. The predicted molar refractivity (Wildman–Crippen MR) is 107 cm³/mol. The summed E-state index contributed by atoms with van der Waals surface area (Å²) in [6, 6.07) is 12.5. The van der Waals surface area contributed by atoms with Crippen LogP contribution in [0.4, 0.5) is 13.2 Å². The summed E-state index contributed by atoms with van der Waals surface area (Å²) in [6.45, 7) is 1.40. The number of ether oxygens (including phenoxy) is 1. The van der Waals surface area contributed by atoms with Crippen LogP contribution >= 0.6 is 11.8 Å². The number of nitrogens with zero attached hydrogens (tertiary/aromatic N) is 1. The molecule has 0 saturated carbocycles. The van der Waals surface area contributed by atoms with E-state index in [0.29, 0.717) is 10.5 Å². The molecule has 2 aromatic carbocycles. The fourth-order valence-electron chi connectivity index (χ4n) is 3.12. The van der Waals surface area contributed by atoms with Crippen molar-refractivity contribution in [3.05, 3.63) is 59.7 Å². The number of carbonyl (C=O) groups excluding carboxylic acids is 2. The smallest absolute Gasteiger partial charge is 0.405 e. The number of carbonyl (C=O) groups is 2. The number of nitrogens with one attached hydrogen (secondary N) is 1. The molecule has 3 rings (SSSR count). The Bertz CT molecular complexity index is 899. The Hall–Kier alpha value is -2.68. The minimum absolute atomic E-state index is 0.0333. The fourth-order valence-corrected chi connectivity index (χ4v) is 4.07. The fraction of sp³-hybridized carbons (Fsp3) is 0.333. The van der Waals surface area contributed by atoms with E-state index in [-0.39, 0.29) is 29.5 Å². The van der Waals surface area contributed by atoms with Gasteiger partial charge in [-0.3, -0.25) is 9.59 Å². The van der Waals surface area contributed by atoms with Gasteiger partial charge >= 0.3 is 6.36 Å². The highest BCUT2D eigenvalue weighted by atomic mass is 32.2. The molecule has 0 atom stereocenters. The first kappa shape index (κ1) is 22.0. The Kier molecular flexibility index (Phi) is 7.25. The molecule has 1 N–H and O–H groups in total. The third kappa shape index (κ3) is 6.16. The Morgan fingerprint density at radius 2 is 1.70 bits per heavy atom. The van der Waals surface area contributed by atoms with E-state index in [0.717, 1.165) is 25.9 Å². The zero-order chi connectivity index (χ0) is 21.6. The molecule has 160 valence electrons. The van der Waals surface area contributed by atoms with Crippen LogP contribution in [0.25, 0.3) is 0 Å². The zero-order valence-electron chi connectivity index (χ0n) is 16.1. The summed E-state index contributed by atoms with van der Waals surface area (Å²) in [4.78, 5) is 27.4. The van der Waals surface area contributed by atoms with E-state index >= 15 is 0 Å². The van der Waals surface area contributed by atoms with Gasteiger partial charge in [0, 0.05) is 30.1 Å². The molecule has 1 aliphatic heterocycles. The molecule has 0 spiro atoms. The van der Waals surface area contributed by atoms with Crippen molar-refractivity contribution < 1.29 is 27.5 Å². The first-order valence-corrected chi connectivity index (χ1v) is 10.4. The lowest BCUT2D eigenvalue weighted by Gasteiger charge is -2.16. The van der Waals surface area contributed by atoms with Gasteiger partial charge in [0.1, 0.15) is 5.75 Å². The van der Waals surface area contributed by atoms with Gasteiger partial charge in [0.05, 0.1) is 11.3 Å². The highest BCUT2D eigenvalue weighted by molar-refractivity contribution is 8.00. The third-order valence-electron chi connectivity index (χ3n) is 4.58. The standard InChI is InChI=1S/C21H21F3N2O3S/c22-21(23,24)29-17-9-3-1-7-15(17)13-25-20(28)16-8-2-4-10-18(16)30-14-19(27)26-11-5-6-12-26/h1-4,7-10H,5-6,11-14H2,(H,25,28). The van der Waals surface area contributed by atoms with Gasteiger partial charge in [-0.05, 0) is 31.0 Å². The first-order chi connectivity index (χ1) is 14.3. The number of alkyl halides is 3. The molecule has 2 aromatic rings. The number of para-hydroxylation sites is 1. The van der Waals surface area contributed by atoms with Gasteiger partial charge in [0.15, 0.2) is 0 Å². The van der Waals surface area contributed by atoms with Crippen LogP contribution in [0.5, 0.6) is 5.75 Å². The molecule has 30 heavy (non-hydrogen) atoms. The van der Waals surface area contributed by atoms with Gasteiger partial charge in [-0.1, -0.05) is 30.3 Å². The van der Waals surface area contributed by atoms with Crippen LogP contribution in [0.1, 0.15) is 28.8 Å². The maximum atomic E-state index is 12.7. The van der Waals surface area contributed by atoms with Crippen LogP contribution in [-0.2, 0) is 11.3 Å². The van der Waals surface area contributed by atoms with Crippen LogP contribution in [0, 0.1) is 0 Å². The molecule has 9 heteroatoms. The average Bonchev–Trinajstić information content (AvgIpc) is 3.25. The number of hydrogen-bond acceptors (Lipinski definition) is 4. The van der Waals surface area contributed by atoms with Gasteiger partial charge in [0.25, 0.3) is 5.91 Å². The van der Waals surface area contributed by atoms with Gasteiger partial charge in [-0.15, -0.1) is 24.9 Å². The molecule has 5 nitrogen and oxygen atoms in total. The summed E-state index contributed by atoms with van der Waals surface area (Å²) in [5, 5.41) is 2.63. The number of halogens is 3. The van der Waals surface area contributed by atoms with Crippen molar-refractivity contribution in [1.29, 1.82) is 0 Å². The lowest BCUT2D eigenvalue weighted by atomic mass is 10.1. The molecule has 0 aromatic heterocycles. The Balaban J connectivity index is 1.63. The SMILES string of the molecule is O=C(NCc1ccccc1OC(F)(F)F)c1ccccc1SCC(=O)N1CCCC1. The summed E-state index contributed by atoms with van der Waals surface area (Å²) >= 11 is 1.28. The van der Waals surface area contributed by atoms with Gasteiger partial charge in [-0.2, -0.15) is 0 Å². The highest BCUT2D eigenvalue weighted by Gasteiger charge is 2.32. The van der Waals surface area contributed by atoms with Crippen molar-refractivity contribution in [3.8, 4) is 5.75 Å². The Morgan fingerprint density at radius 1 is 1.03 bits per heavy atom. The van der Waals surface area contributed by atoms with Crippen molar-refractivity contribution in [2.45, 2.75) is 30.6 Å². The molecule has 1 aliphatic rings. The van der Waals surface area contributed by atoms with E-state index in [9.17, 15) is 22.8 Å². The van der Waals surface area contributed by atoms with Crippen molar-refractivity contribution in [2.24, 2.45) is 0 Å². The zero-order valence-corrected chi connectivity index (χ0v) is 16.9. The van der Waals surface area contributed by atoms with Gasteiger partial charge in [-0.25, -0.2) is 0 Å². The second-order valence-electron chi connectivity index (χ2n) is 6.71. The van der Waals surface area contributed by atoms with E-state index in [1.54, 1.807) is 30.3 Å². The molecule has 1 saturated heterocycles. The van der Waals surface area contributed by atoms with E-state index in [1.165, 1.54) is 30.0 Å². The topological polar surface area (TPSA) is 58.6 Å². The predicted octanol–water partition coefficient (Wildman–Crippen LogP) is 4.23. The molecule has 0 bridgehead atoms.